The van der Waals surface area contributed by atoms with Gasteiger partial charge in [0.05, 0.1) is 16.1 Å². The van der Waals surface area contributed by atoms with Crippen molar-refractivity contribution in [2.24, 2.45) is 0 Å². The zero-order valence-corrected chi connectivity index (χ0v) is 10.9. The minimum Gasteiger partial charge on any atom is -0.397 e. The number of hydrogen-bond acceptors (Lipinski definition) is 3. The first-order valence-corrected chi connectivity index (χ1v) is 6.50. The first-order valence-electron chi connectivity index (χ1n) is 5.02. The number of nitrogens with two attached hydrogens (primary N) is 1. The van der Waals surface area contributed by atoms with E-state index in [1.807, 2.05) is 13.0 Å². The molecule has 0 aliphatic carbocycles. The molecule has 1 aromatic carbocycles. The van der Waals surface area contributed by atoms with Crippen LogP contribution < -0.4 is 10.5 Å². The van der Waals surface area contributed by atoms with Gasteiger partial charge in [0.15, 0.2) is 0 Å². The van der Waals surface area contributed by atoms with E-state index in [2.05, 4.69) is 4.72 Å². The van der Waals surface area contributed by atoms with Crippen molar-refractivity contribution in [1.29, 1.82) is 0 Å². The summed E-state index contributed by atoms with van der Waals surface area (Å²) in [4.78, 5) is 0. The molecule has 3 N–H and O–H groups in total. The summed E-state index contributed by atoms with van der Waals surface area (Å²) in [6, 6.07) is 5.23. The lowest BCUT2D eigenvalue weighted by molar-refractivity contribution is 0.566. The maximum Gasteiger partial charge on any atom is 0.237 e. The zero-order valence-electron chi connectivity index (χ0n) is 10.0. The van der Waals surface area contributed by atoms with Crippen LogP contribution in [0.15, 0.2) is 18.2 Å². The normalized spacial score (nSPS) is 12.5. The van der Waals surface area contributed by atoms with Crippen molar-refractivity contribution in [2.75, 3.05) is 10.5 Å². The second-order valence-electron chi connectivity index (χ2n) is 4.81. The Kier molecular flexibility index (Phi) is 3.19. The molecule has 0 aromatic heterocycles. The Bertz CT molecular complexity index is 487. The summed E-state index contributed by atoms with van der Waals surface area (Å²) in [6.45, 7) is 6.82. The molecule has 0 fully saturated rings. The molecule has 0 heterocycles. The van der Waals surface area contributed by atoms with Gasteiger partial charge in [0.2, 0.25) is 10.0 Å². The highest BCUT2D eigenvalue weighted by molar-refractivity contribution is 7.94. The van der Waals surface area contributed by atoms with Crippen LogP contribution in [0.3, 0.4) is 0 Å². The highest BCUT2D eigenvalue weighted by Gasteiger charge is 2.29. The van der Waals surface area contributed by atoms with Crippen LogP contribution in [0.2, 0.25) is 0 Å². The molecular formula is C11H18N2O2S. The molecule has 1 aromatic rings. The fourth-order valence-electron chi connectivity index (χ4n) is 1.07. The third-order valence-electron chi connectivity index (χ3n) is 2.26. The monoisotopic (exact) mass is 242 g/mol. The maximum absolute atomic E-state index is 11.9. The van der Waals surface area contributed by atoms with E-state index >= 15 is 0 Å². The zero-order chi connectivity index (χ0) is 12.6. The number of anilines is 2. The molecule has 1 rings (SSSR count). The standard InChI is InChI=1S/C11H18N2O2S/c1-8-5-6-10(9(12)7-8)13-16(14,15)11(2,3)4/h5-7,13H,12H2,1-4H3. The van der Waals surface area contributed by atoms with Crippen molar-refractivity contribution in [2.45, 2.75) is 32.4 Å². The third-order valence-corrected chi connectivity index (χ3v) is 4.36. The molecule has 4 nitrogen and oxygen atoms in total. The van der Waals surface area contributed by atoms with Crippen molar-refractivity contribution in [1.82, 2.24) is 0 Å². The van der Waals surface area contributed by atoms with Crippen LogP contribution in [0.5, 0.6) is 0 Å². The molecule has 0 radical (unpaired) electrons. The number of aryl methyl sites for hydroxylation is 1. The van der Waals surface area contributed by atoms with Crippen molar-refractivity contribution in [3.63, 3.8) is 0 Å². The van der Waals surface area contributed by atoms with E-state index in [-0.39, 0.29) is 0 Å². The molecule has 90 valence electrons. The fourth-order valence-corrected chi connectivity index (χ4v) is 1.85. The van der Waals surface area contributed by atoms with Gasteiger partial charge in [-0.1, -0.05) is 6.07 Å². The average Bonchev–Trinajstić information content (AvgIpc) is 2.08. The summed E-state index contributed by atoms with van der Waals surface area (Å²) in [6.07, 6.45) is 0. The van der Waals surface area contributed by atoms with Gasteiger partial charge in [-0.05, 0) is 45.4 Å². The first kappa shape index (κ1) is 12.8. The molecule has 0 amide bonds. The summed E-state index contributed by atoms with van der Waals surface area (Å²) in [5, 5.41) is 0. The Balaban J connectivity index is 3.07. The first-order chi connectivity index (χ1) is 7.13. The van der Waals surface area contributed by atoms with Crippen LogP contribution in [0.4, 0.5) is 11.4 Å². The highest BCUT2D eigenvalue weighted by atomic mass is 32.2. The molecule has 16 heavy (non-hydrogen) atoms. The third kappa shape index (κ3) is 2.66. The lowest BCUT2D eigenvalue weighted by atomic mass is 10.2. The van der Waals surface area contributed by atoms with Crippen LogP contribution in [0.1, 0.15) is 26.3 Å². The van der Waals surface area contributed by atoms with Gasteiger partial charge in [-0.2, -0.15) is 0 Å². The van der Waals surface area contributed by atoms with E-state index in [1.165, 1.54) is 0 Å². The van der Waals surface area contributed by atoms with E-state index in [0.29, 0.717) is 11.4 Å². The van der Waals surface area contributed by atoms with Gasteiger partial charge in [0, 0.05) is 0 Å². The lowest BCUT2D eigenvalue weighted by Crippen LogP contribution is -2.33. The van der Waals surface area contributed by atoms with Crippen LogP contribution in [-0.2, 0) is 10.0 Å². The lowest BCUT2D eigenvalue weighted by Gasteiger charge is -2.21. The molecule has 5 heteroatoms. The van der Waals surface area contributed by atoms with Gasteiger partial charge in [-0.3, -0.25) is 4.72 Å². The van der Waals surface area contributed by atoms with Gasteiger partial charge < -0.3 is 5.73 Å². The minimum atomic E-state index is -3.42. The Morgan fingerprint density at radius 2 is 1.81 bits per heavy atom. The predicted molar refractivity (Wildman–Crippen MR) is 67.9 cm³/mol. The number of sulfonamides is 1. The van der Waals surface area contributed by atoms with Crippen molar-refractivity contribution in [3.8, 4) is 0 Å². The predicted octanol–water partition coefficient (Wildman–Crippen LogP) is 2.12. The maximum atomic E-state index is 11.9. The van der Waals surface area contributed by atoms with E-state index in [1.54, 1.807) is 32.9 Å². The van der Waals surface area contributed by atoms with Crippen LogP contribution in [0, 0.1) is 6.92 Å². The Hall–Kier alpha value is -1.23. The second-order valence-corrected chi connectivity index (χ2v) is 7.24. The van der Waals surface area contributed by atoms with E-state index < -0.39 is 14.8 Å². The second kappa shape index (κ2) is 3.97. The van der Waals surface area contributed by atoms with Gasteiger partial charge in [0.1, 0.15) is 0 Å². The van der Waals surface area contributed by atoms with Crippen LogP contribution in [-0.4, -0.2) is 13.2 Å². The smallest absolute Gasteiger partial charge is 0.237 e. The summed E-state index contributed by atoms with van der Waals surface area (Å²) in [7, 11) is -3.42. The molecule has 0 saturated carbocycles. The van der Waals surface area contributed by atoms with Gasteiger partial charge in [0.25, 0.3) is 0 Å². The van der Waals surface area contributed by atoms with Gasteiger partial charge in [-0.15, -0.1) is 0 Å². The van der Waals surface area contributed by atoms with Gasteiger partial charge >= 0.3 is 0 Å². The SMILES string of the molecule is Cc1ccc(NS(=O)(=O)C(C)(C)C)c(N)c1. The molecule has 0 unspecified atom stereocenters. The van der Waals surface area contributed by atoms with Crippen LogP contribution >= 0.6 is 0 Å². The molecule has 0 saturated heterocycles. The minimum absolute atomic E-state index is 0.431. The van der Waals surface area contributed by atoms with E-state index in [0.717, 1.165) is 5.56 Å². The van der Waals surface area contributed by atoms with E-state index in [4.69, 9.17) is 5.73 Å². The molecule has 0 bridgehead atoms. The van der Waals surface area contributed by atoms with Crippen molar-refractivity contribution < 1.29 is 8.42 Å². The number of benzene rings is 1. The molecule has 0 atom stereocenters. The Morgan fingerprint density at radius 1 is 1.25 bits per heavy atom. The van der Waals surface area contributed by atoms with Gasteiger partial charge in [-0.25, -0.2) is 8.42 Å². The fraction of sp³-hybridized carbons (Fsp3) is 0.455. The van der Waals surface area contributed by atoms with Crippen LogP contribution in [0.25, 0.3) is 0 Å². The number of nitrogens with one attached hydrogen (secondary N) is 1. The number of rotatable bonds is 2. The van der Waals surface area contributed by atoms with E-state index in [9.17, 15) is 8.42 Å². The van der Waals surface area contributed by atoms with Crippen molar-refractivity contribution >= 4 is 21.4 Å². The molecule has 0 aliphatic heterocycles. The highest BCUT2D eigenvalue weighted by Crippen LogP contribution is 2.24. The Morgan fingerprint density at radius 3 is 2.25 bits per heavy atom. The number of hydrogen-bond donors (Lipinski definition) is 2. The molecular weight excluding hydrogens is 224 g/mol. The number of nitrogen functional groups attached to an aromatic ring is 1. The average molecular weight is 242 g/mol. The summed E-state index contributed by atoms with van der Waals surface area (Å²) in [5.41, 5.74) is 7.61. The summed E-state index contributed by atoms with van der Waals surface area (Å²) >= 11 is 0. The quantitative estimate of drug-likeness (QED) is 0.780. The Labute approximate surface area is 96.9 Å². The topological polar surface area (TPSA) is 72.2 Å². The molecule has 0 aliphatic rings. The van der Waals surface area contributed by atoms with Crippen molar-refractivity contribution in [3.05, 3.63) is 23.8 Å². The summed E-state index contributed by atoms with van der Waals surface area (Å²) < 4.78 is 25.4. The largest absolute Gasteiger partial charge is 0.397 e. The summed E-state index contributed by atoms with van der Waals surface area (Å²) in [5.74, 6) is 0. The molecule has 0 spiro atoms.